The Labute approximate surface area is 151 Å². The van der Waals surface area contributed by atoms with Crippen LogP contribution in [0.1, 0.15) is 17.5 Å². The first-order valence-corrected chi connectivity index (χ1v) is 8.68. The molecular formula is C18H23N5O3. The molecule has 0 unspecified atom stereocenters. The Bertz CT molecular complexity index is 918. The number of hydrogen-bond donors (Lipinski definition) is 1. The lowest BCUT2D eigenvalue weighted by Crippen LogP contribution is -2.39. The average Bonchev–Trinajstić information content (AvgIpc) is 2.89. The van der Waals surface area contributed by atoms with Gasteiger partial charge in [0.15, 0.2) is 0 Å². The third-order valence-corrected chi connectivity index (χ3v) is 4.78. The highest BCUT2D eigenvalue weighted by molar-refractivity contribution is 5.78. The van der Waals surface area contributed by atoms with Crippen molar-refractivity contribution in [3.8, 4) is 0 Å². The van der Waals surface area contributed by atoms with Gasteiger partial charge in [0.2, 0.25) is 5.91 Å². The summed E-state index contributed by atoms with van der Waals surface area (Å²) in [5.74, 6) is -0.0950. The first kappa shape index (κ1) is 17.9. The fourth-order valence-corrected chi connectivity index (χ4v) is 3.25. The molecule has 1 saturated heterocycles. The molecule has 1 fully saturated rings. The van der Waals surface area contributed by atoms with Crippen molar-refractivity contribution in [3.05, 3.63) is 56.6 Å². The van der Waals surface area contributed by atoms with Crippen molar-refractivity contribution >= 4 is 11.6 Å². The topological polar surface area (TPSA) is 91.3 Å². The van der Waals surface area contributed by atoms with Gasteiger partial charge in [0.05, 0.1) is 6.42 Å². The Balaban J connectivity index is 1.68. The van der Waals surface area contributed by atoms with Crippen LogP contribution in [0.25, 0.3) is 0 Å². The highest BCUT2D eigenvalue weighted by atomic mass is 16.2. The number of carbonyl (C=O) groups excluding carboxylic acids is 1. The molecule has 8 heteroatoms. The van der Waals surface area contributed by atoms with E-state index in [0.29, 0.717) is 18.7 Å². The average molecular weight is 357 g/mol. The number of hydrogen-bond acceptors (Lipinski definition) is 5. The van der Waals surface area contributed by atoms with Crippen molar-refractivity contribution in [2.24, 2.45) is 7.05 Å². The van der Waals surface area contributed by atoms with Gasteiger partial charge < -0.3 is 14.8 Å². The number of aromatic nitrogens is 3. The van der Waals surface area contributed by atoms with Crippen molar-refractivity contribution in [2.45, 2.75) is 19.8 Å². The molecule has 1 aliphatic heterocycles. The Kier molecular flexibility index (Phi) is 5.20. The number of carbonyl (C=O) groups is 1. The maximum absolute atomic E-state index is 12.6. The molecule has 8 nitrogen and oxygen atoms in total. The number of anilines is 1. The SMILES string of the molecule is Cc1cnccc1N1CCCN(C(=O)Cc2c[nH]c(=O)n(C)c2=O)CC1. The van der Waals surface area contributed by atoms with Gasteiger partial charge in [-0.2, -0.15) is 0 Å². The fraction of sp³-hybridized carbons (Fsp3) is 0.444. The van der Waals surface area contributed by atoms with Crippen molar-refractivity contribution in [1.82, 2.24) is 19.4 Å². The lowest BCUT2D eigenvalue weighted by Gasteiger charge is -2.25. The zero-order valence-corrected chi connectivity index (χ0v) is 15.1. The fourth-order valence-electron chi connectivity index (χ4n) is 3.25. The van der Waals surface area contributed by atoms with Crippen molar-refractivity contribution in [3.63, 3.8) is 0 Å². The van der Waals surface area contributed by atoms with Crippen LogP contribution in [-0.2, 0) is 18.3 Å². The van der Waals surface area contributed by atoms with Crippen LogP contribution in [0.5, 0.6) is 0 Å². The van der Waals surface area contributed by atoms with Crippen LogP contribution in [-0.4, -0.2) is 51.5 Å². The molecule has 26 heavy (non-hydrogen) atoms. The van der Waals surface area contributed by atoms with Crippen LogP contribution in [0.3, 0.4) is 0 Å². The van der Waals surface area contributed by atoms with E-state index in [9.17, 15) is 14.4 Å². The Morgan fingerprint density at radius 3 is 2.81 bits per heavy atom. The van der Waals surface area contributed by atoms with Gasteiger partial charge >= 0.3 is 5.69 Å². The Morgan fingerprint density at radius 1 is 1.23 bits per heavy atom. The molecule has 1 N–H and O–H groups in total. The van der Waals surface area contributed by atoms with Crippen molar-refractivity contribution in [1.29, 1.82) is 0 Å². The van der Waals surface area contributed by atoms with E-state index in [-0.39, 0.29) is 12.3 Å². The summed E-state index contributed by atoms with van der Waals surface area (Å²) in [4.78, 5) is 46.8. The molecule has 0 atom stereocenters. The molecule has 3 heterocycles. The van der Waals surface area contributed by atoms with Crippen LogP contribution in [0.15, 0.2) is 34.2 Å². The van der Waals surface area contributed by atoms with E-state index in [1.54, 1.807) is 11.1 Å². The molecule has 0 spiro atoms. The van der Waals surface area contributed by atoms with Crippen LogP contribution < -0.4 is 16.1 Å². The summed E-state index contributed by atoms with van der Waals surface area (Å²) in [5.41, 5.74) is 1.66. The van der Waals surface area contributed by atoms with Gasteiger partial charge in [-0.25, -0.2) is 4.79 Å². The molecule has 0 radical (unpaired) electrons. The van der Waals surface area contributed by atoms with E-state index < -0.39 is 11.2 Å². The van der Waals surface area contributed by atoms with E-state index in [2.05, 4.69) is 14.9 Å². The first-order chi connectivity index (χ1) is 12.5. The number of H-pyrrole nitrogens is 1. The van der Waals surface area contributed by atoms with Crippen LogP contribution in [0, 0.1) is 6.92 Å². The van der Waals surface area contributed by atoms with Gasteiger partial charge in [0, 0.05) is 63.1 Å². The molecule has 138 valence electrons. The lowest BCUT2D eigenvalue weighted by molar-refractivity contribution is -0.130. The number of nitrogens with one attached hydrogen (secondary N) is 1. The van der Waals surface area contributed by atoms with Crippen molar-refractivity contribution < 1.29 is 4.79 Å². The van der Waals surface area contributed by atoms with Gasteiger partial charge in [-0.1, -0.05) is 0 Å². The summed E-state index contributed by atoms with van der Waals surface area (Å²) in [6.45, 7) is 4.89. The number of aryl methyl sites for hydroxylation is 1. The zero-order chi connectivity index (χ0) is 18.7. The first-order valence-electron chi connectivity index (χ1n) is 8.68. The predicted molar refractivity (Wildman–Crippen MR) is 98.4 cm³/mol. The number of amides is 1. The summed E-state index contributed by atoms with van der Waals surface area (Å²) >= 11 is 0. The highest BCUT2D eigenvalue weighted by Crippen LogP contribution is 2.20. The maximum atomic E-state index is 12.6. The maximum Gasteiger partial charge on any atom is 0.328 e. The van der Waals surface area contributed by atoms with E-state index in [0.717, 1.165) is 35.3 Å². The van der Waals surface area contributed by atoms with Crippen molar-refractivity contribution in [2.75, 3.05) is 31.1 Å². The molecule has 0 saturated carbocycles. The molecule has 1 amide bonds. The van der Waals surface area contributed by atoms with E-state index in [1.165, 1.54) is 13.2 Å². The second-order valence-electron chi connectivity index (χ2n) is 6.54. The number of nitrogens with zero attached hydrogens (tertiary/aromatic N) is 4. The summed E-state index contributed by atoms with van der Waals surface area (Å²) in [6, 6.07) is 2.00. The molecule has 1 aliphatic rings. The smallest absolute Gasteiger partial charge is 0.328 e. The minimum Gasteiger partial charge on any atom is -0.369 e. The number of aromatic amines is 1. The van der Waals surface area contributed by atoms with Crippen LogP contribution in [0.2, 0.25) is 0 Å². The molecular weight excluding hydrogens is 334 g/mol. The van der Waals surface area contributed by atoms with Gasteiger partial charge in [-0.05, 0) is 25.0 Å². The summed E-state index contributed by atoms with van der Waals surface area (Å²) < 4.78 is 0.985. The highest BCUT2D eigenvalue weighted by Gasteiger charge is 2.21. The summed E-state index contributed by atoms with van der Waals surface area (Å²) in [6.07, 6.45) is 5.82. The minimum absolute atomic E-state index is 0.00224. The molecule has 0 bridgehead atoms. The minimum atomic E-state index is -0.482. The monoisotopic (exact) mass is 357 g/mol. The summed E-state index contributed by atoms with van der Waals surface area (Å²) in [7, 11) is 1.40. The third kappa shape index (κ3) is 3.68. The van der Waals surface area contributed by atoms with Crippen LogP contribution >= 0.6 is 0 Å². The summed E-state index contributed by atoms with van der Waals surface area (Å²) in [5, 5.41) is 0. The molecule has 2 aromatic rings. The second-order valence-corrected chi connectivity index (χ2v) is 6.54. The molecule has 0 aromatic carbocycles. The number of pyridine rings is 1. The Morgan fingerprint density at radius 2 is 2.04 bits per heavy atom. The number of rotatable bonds is 3. The van der Waals surface area contributed by atoms with Gasteiger partial charge in [-0.15, -0.1) is 0 Å². The van der Waals surface area contributed by atoms with E-state index >= 15 is 0 Å². The van der Waals surface area contributed by atoms with Gasteiger partial charge in [-0.3, -0.25) is 19.1 Å². The quantitative estimate of drug-likeness (QED) is 0.839. The molecule has 0 aliphatic carbocycles. The normalized spacial score (nSPS) is 15.0. The Hall–Kier alpha value is -2.90. The molecule has 3 rings (SSSR count). The van der Waals surface area contributed by atoms with Crippen LogP contribution in [0.4, 0.5) is 5.69 Å². The second kappa shape index (κ2) is 7.55. The lowest BCUT2D eigenvalue weighted by atomic mass is 10.2. The van der Waals surface area contributed by atoms with Gasteiger partial charge in [0.25, 0.3) is 5.56 Å². The van der Waals surface area contributed by atoms with E-state index in [1.807, 2.05) is 19.2 Å². The zero-order valence-electron chi connectivity index (χ0n) is 15.1. The predicted octanol–water partition coefficient (Wildman–Crippen LogP) is 0.0584. The standard InChI is InChI=1S/C18H23N5O3/c1-13-11-19-5-4-15(13)22-6-3-7-23(9-8-22)16(24)10-14-12-20-18(26)21(2)17(14)25/h4-5,11-12H,3,6-10H2,1-2H3,(H,20,26). The van der Waals surface area contributed by atoms with Gasteiger partial charge in [0.1, 0.15) is 0 Å². The third-order valence-electron chi connectivity index (χ3n) is 4.78. The van der Waals surface area contributed by atoms with E-state index in [4.69, 9.17) is 0 Å². The molecule has 2 aromatic heterocycles. The largest absolute Gasteiger partial charge is 0.369 e.